The average Bonchev–Trinajstić information content (AvgIpc) is 2.23. The lowest BCUT2D eigenvalue weighted by molar-refractivity contribution is -0.164. The molecule has 0 aromatic heterocycles. The molecule has 0 aliphatic carbocycles. The fourth-order valence-corrected chi connectivity index (χ4v) is 1.23. The molecule has 94 valence electrons. The predicted molar refractivity (Wildman–Crippen MR) is 60.8 cm³/mol. The minimum Gasteiger partial charge on any atom is -0.465 e. The molecule has 0 amide bonds. The summed E-state index contributed by atoms with van der Waals surface area (Å²) in [5.41, 5.74) is 0. The van der Waals surface area contributed by atoms with Crippen LogP contribution in [0.1, 0.15) is 40.5 Å². The quantitative estimate of drug-likeness (QED) is 0.497. The number of carbonyl (C=O) groups excluding carboxylic acids is 2. The third-order valence-corrected chi connectivity index (χ3v) is 2.07. The topological polar surface area (TPSA) is 52.6 Å². The van der Waals surface area contributed by atoms with Gasteiger partial charge in [0.05, 0.1) is 13.2 Å². The molecule has 0 aliphatic rings. The molecule has 0 atom stereocenters. The van der Waals surface area contributed by atoms with Crippen molar-refractivity contribution in [2.45, 2.75) is 40.5 Å². The number of rotatable bonds is 7. The number of hydrogen-bond acceptors (Lipinski definition) is 4. The second-order valence-corrected chi connectivity index (χ2v) is 4.06. The lowest BCUT2D eigenvalue weighted by atomic mass is 9.96. The highest BCUT2D eigenvalue weighted by atomic mass is 16.6. The van der Waals surface area contributed by atoms with Crippen LogP contribution in [0.4, 0.5) is 0 Å². The van der Waals surface area contributed by atoms with E-state index < -0.39 is 17.9 Å². The van der Waals surface area contributed by atoms with Crippen molar-refractivity contribution in [3.8, 4) is 0 Å². The van der Waals surface area contributed by atoms with Gasteiger partial charge in [-0.1, -0.05) is 27.7 Å². The van der Waals surface area contributed by atoms with Crippen LogP contribution in [0.3, 0.4) is 0 Å². The first-order valence-corrected chi connectivity index (χ1v) is 5.87. The normalized spacial score (nSPS) is 10.6. The fraction of sp³-hybridized carbons (Fsp3) is 0.833. The summed E-state index contributed by atoms with van der Waals surface area (Å²) in [6.07, 6.45) is 1.50. The molecule has 0 fully saturated rings. The van der Waals surface area contributed by atoms with Crippen LogP contribution in [0, 0.1) is 11.8 Å². The first-order chi connectivity index (χ1) is 7.54. The zero-order valence-corrected chi connectivity index (χ0v) is 10.6. The maximum Gasteiger partial charge on any atom is 0.320 e. The Kier molecular flexibility index (Phi) is 7.60. The van der Waals surface area contributed by atoms with Gasteiger partial charge < -0.3 is 9.47 Å². The van der Waals surface area contributed by atoms with E-state index in [1.165, 1.54) is 0 Å². The van der Waals surface area contributed by atoms with Gasteiger partial charge in [-0.25, -0.2) is 0 Å². The van der Waals surface area contributed by atoms with E-state index in [9.17, 15) is 9.59 Å². The number of hydrogen-bond donors (Lipinski definition) is 0. The van der Waals surface area contributed by atoms with Crippen molar-refractivity contribution >= 4 is 11.9 Å². The molecule has 0 saturated carbocycles. The molecular formula is C12H22O4. The van der Waals surface area contributed by atoms with Crippen molar-refractivity contribution in [3.63, 3.8) is 0 Å². The minimum absolute atomic E-state index is 0.103. The summed E-state index contributed by atoms with van der Waals surface area (Å²) < 4.78 is 9.95. The van der Waals surface area contributed by atoms with Gasteiger partial charge in [-0.3, -0.25) is 9.59 Å². The summed E-state index contributed by atoms with van der Waals surface area (Å²) in [6.45, 7) is 8.14. The van der Waals surface area contributed by atoms with Crippen LogP contribution >= 0.6 is 0 Å². The smallest absolute Gasteiger partial charge is 0.320 e. The van der Waals surface area contributed by atoms with Crippen molar-refractivity contribution in [2.75, 3.05) is 13.2 Å². The van der Waals surface area contributed by atoms with Crippen molar-refractivity contribution in [3.05, 3.63) is 0 Å². The van der Waals surface area contributed by atoms with E-state index in [1.54, 1.807) is 0 Å². The first-order valence-electron chi connectivity index (χ1n) is 5.87. The number of ether oxygens (including phenoxy) is 2. The third-order valence-electron chi connectivity index (χ3n) is 2.07. The fourth-order valence-electron chi connectivity index (χ4n) is 1.23. The van der Waals surface area contributed by atoms with Gasteiger partial charge in [0.1, 0.15) is 0 Å². The van der Waals surface area contributed by atoms with Crippen LogP contribution < -0.4 is 0 Å². The Morgan fingerprint density at radius 3 is 1.56 bits per heavy atom. The van der Waals surface area contributed by atoms with Crippen molar-refractivity contribution in [1.82, 2.24) is 0 Å². The third kappa shape index (κ3) is 5.14. The highest BCUT2D eigenvalue weighted by molar-refractivity contribution is 5.95. The Bertz CT molecular complexity index is 203. The molecule has 0 spiro atoms. The molecule has 0 rings (SSSR count). The highest BCUT2D eigenvalue weighted by Gasteiger charge is 2.32. The molecule has 0 radical (unpaired) electrons. The summed E-state index contributed by atoms with van der Waals surface area (Å²) in [7, 11) is 0. The molecule has 0 bridgehead atoms. The van der Waals surface area contributed by atoms with Gasteiger partial charge in [-0.15, -0.1) is 0 Å². The second kappa shape index (κ2) is 8.13. The van der Waals surface area contributed by atoms with Crippen molar-refractivity contribution in [2.24, 2.45) is 11.8 Å². The van der Waals surface area contributed by atoms with Crippen molar-refractivity contribution < 1.29 is 19.1 Å². The van der Waals surface area contributed by atoms with Gasteiger partial charge in [0, 0.05) is 0 Å². The molecule has 0 saturated heterocycles. The molecule has 0 N–H and O–H groups in total. The minimum atomic E-state index is -0.793. The van der Waals surface area contributed by atoms with Gasteiger partial charge in [0.25, 0.3) is 0 Å². The van der Waals surface area contributed by atoms with Crippen LogP contribution in [-0.4, -0.2) is 25.2 Å². The van der Waals surface area contributed by atoms with E-state index in [2.05, 4.69) is 0 Å². The Balaban J connectivity index is 4.35. The molecule has 16 heavy (non-hydrogen) atoms. The van der Waals surface area contributed by atoms with Crippen molar-refractivity contribution in [1.29, 1.82) is 0 Å². The van der Waals surface area contributed by atoms with Crippen LogP contribution in [0.25, 0.3) is 0 Å². The molecule has 0 aliphatic heterocycles. The Morgan fingerprint density at radius 2 is 1.31 bits per heavy atom. The summed E-state index contributed by atoms with van der Waals surface area (Å²) >= 11 is 0. The Labute approximate surface area is 97.3 Å². The molecule has 4 nitrogen and oxygen atoms in total. The number of carbonyl (C=O) groups is 2. The van der Waals surface area contributed by atoms with E-state index in [4.69, 9.17) is 9.47 Å². The number of esters is 2. The maximum atomic E-state index is 11.6. The lowest BCUT2D eigenvalue weighted by Crippen LogP contribution is -2.32. The Morgan fingerprint density at radius 1 is 0.938 bits per heavy atom. The largest absolute Gasteiger partial charge is 0.465 e. The van der Waals surface area contributed by atoms with Gasteiger partial charge in [-0.2, -0.15) is 0 Å². The van der Waals surface area contributed by atoms with Crippen LogP contribution in [0.15, 0.2) is 0 Å². The maximum absolute atomic E-state index is 11.6. The average molecular weight is 230 g/mol. The second-order valence-electron chi connectivity index (χ2n) is 4.06. The van der Waals surface area contributed by atoms with E-state index >= 15 is 0 Å². The monoisotopic (exact) mass is 230 g/mol. The zero-order valence-electron chi connectivity index (χ0n) is 10.6. The van der Waals surface area contributed by atoms with Gasteiger partial charge in [-0.05, 0) is 18.8 Å². The van der Waals surface area contributed by atoms with Gasteiger partial charge in [0.2, 0.25) is 0 Å². The standard InChI is InChI=1S/C12H22O4/c1-5-7-15-11(13)10(9(3)4)12(14)16-8-6-2/h9-10H,5-8H2,1-4H3. The zero-order chi connectivity index (χ0) is 12.6. The SMILES string of the molecule is CCCOC(=O)C(C(=O)OCCC)C(C)C. The molecule has 4 heteroatoms. The van der Waals surface area contributed by atoms with Crippen LogP contribution in [-0.2, 0) is 19.1 Å². The first kappa shape index (κ1) is 14.9. The van der Waals surface area contributed by atoms with Gasteiger partial charge >= 0.3 is 11.9 Å². The lowest BCUT2D eigenvalue weighted by Gasteiger charge is -2.17. The molecule has 0 heterocycles. The van der Waals surface area contributed by atoms with E-state index in [-0.39, 0.29) is 5.92 Å². The summed E-state index contributed by atoms with van der Waals surface area (Å²) in [4.78, 5) is 23.3. The molecular weight excluding hydrogens is 208 g/mol. The van der Waals surface area contributed by atoms with E-state index in [1.807, 2.05) is 27.7 Å². The van der Waals surface area contributed by atoms with Gasteiger partial charge in [0.15, 0.2) is 5.92 Å². The molecule has 0 unspecified atom stereocenters. The van der Waals surface area contributed by atoms with Crippen LogP contribution in [0.5, 0.6) is 0 Å². The van der Waals surface area contributed by atoms with E-state index in [0.29, 0.717) is 13.2 Å². The predicted octanol–water partition coefficient (Wildman–Crippen LogP) is 2.17. The Hall–Kier alpha value is -1.06. The summed E-state index contributed by atoms with van der Waals surface area (Å²) in [6, 6.07) is 0. The molecule has 0 aromatic rings. The molecule has 0 aromatic carbocycles. The van der Waals surface area contributed by atoms with E-state index in [0.717, 1.165) is 12.8 Å². The van der Waals surface area contributed by atoms with Crippen LogP contribution in [0.2, 0.25) is 0 Å². The summed E-state index contributed by atoms with van der Waals surface area (Å²) in [5, 5.41) is 0. The summed E-state index contributed by atoms with van der Waals surface area (Å²) in [5.74, 6) is -1.84. The highest BCUT2D eigenvalue weighted by Crippen LogP contribution is 2.15.